The van der Waals surface area contributed by atoms with E-state index in [-0.39, 0.29) is 24.4 Å². The van der Waals surface area contributed by atoms with Crippen LogP contribution in [0.1, 0.15) is 24.5 Å². The molecule has 1 spiro atoms. The zero-order valence-corrected chi connectivity index (χ0v) is 12.4. The molecule has 2 saturated heterocycles. The van der Waals surface area contributed by atoms with E-state index in [1.54, 1.807) is 13.2 Å². The number of carbonyl (C=O) groups is 1. The zero-order valence-electron chi connectivity index (χ0n) is 12.4. The molecule has 4 rings (SSSR count). The SMILES string of the molecule is COc1ccc([C@@H]2O[C@H]3CC(=O)C=C[C@]34OCC[C@H]2O4)cc1. The van der Waals surface area contributed by atoms with Crippen molar-refractivity contribution in [3.05, 3.63) is 42.0 Å². The Labute approximate surface area is 128 Å². The van der Waals surface area contributed by atoms with E-state index in [0.717, 1.165) is 17.7 Å². The van der Waals surface area contributed by atoms with E-state index in [1.807, 2.05) is 24.3 Å². The Kier molecular flexibility index (Phi) is 3.29. The number of methoxy groups -OCH3 is 1. The third-order valence-electron chi connectivity index (χ3n) is 4.50. The zero-order chi connectivity index (χ0) is 15.2. The highest BCUT2D eigenvalue weighted by Gasteiger charge is 2.54. The third kappa shape index (κ3) is 2.17. The van der Waals surface area contributed by atoms with Gasteiger partial charge in [-0.3, -0.25) is 4.79 Å². The van der Waals surface area contributed by atoms with Crippen LogP contribution in [0.2, 0.25) is 0 Å². The summed E-state index contributed by atoms with van der Waals surface area (Å²) in [5.74, 6) is -0.0438. The van der Waals surface area contributed by atoms with Gasteiger partial charge in [0.15, 0.2) is 5.78 Å². The van der Waals surface area contributed by atoms with E-state index in [0.29, 0.717) is 6.61 Å². The molecule has 0 radical (unpaired) electrons. The molecule has 0 amide bonds. The number of hydrogen-bond acceptors (Lipinski definition) is 5. The van der Waals surface area contributed by atoms with Gasteiger partial charge in [0.2, 0.25) is 5.79 Å². The van der Waals surface area contributed by atoms with Crippen LogP contribution in [-0.4, -0.2) is 37.5 Å². The fourth-order valence-electron chi connectivity index (χ4n) is 3.34. The largest absolute Gasteiger partial charge is 0.497 e. The van der Waals surface area contributed by atoms with Gasteiger partial charge in [0.05, 0.1) is 19.8 Å². The van der Waals surface area contributed by atoms with Crippen LogP contribution in [0, 0.1) is 0 Å². The van der Waals surface area contributed by atoms with Crippen LogP contribution < -0.4 is 4.74 Å². The number of hydrogen-bond donors (Lipinski definition) is 0. The van der Waals surface area contributed by atoms with Crippen molar-refractivity contribution in [2.45, 2.75) is 36.9 Å². The average molecular weight is 302 g/mol. The monoisotopic (exact) mass is 302 g/mol. The number of fused-ring (bicyclic) bond motifs is 1. The van der Waals surface area contributed by atoms with Crippen LogP contribution in [-0.2, 0) is 19.0 Å². The molecule has 2 bridgehead atoms. The van der Waals surface area contributed by atoms with E-state index >= 15 is 0 Å². The minimum Gasteiger partial charge on any atom is -0.497 e. The molecule has 5 nitrogen and oxygen atoms in total. The lowest BCUT2D eigenvalue weighted by atomic mass is 9.90. The maximum atomic E-state index is 11.7. The van der Waals surface area contributed by atoms with Gasteiger partial charge in [-0.05, 0) is 29.8 Å². The van der Waals surface area contributed by atoms with Crippen molar-refractivity contribution in [3.8, 4) is 5.75 Å². The standard InChI is InChI=1S/C17H18O5/c1-19-13-4-2-11(3-5-13)16-14-7-9-20-17(22-14)8-6-12(18)10-15(17)21-16/h2-6,8,14-16H,7,9-10H2,1H3/t14-,15+,16+,17-/m1/s1. The highest BCUT2D eigenvalue weighted by Crippen LogP contribution is 2.45. The summed E-state index contributed by atoms with van der Waals surface area (Å²) in [5, 5.41) is 0. The molecule has 3 aliphatic rings. The van der Waals surface area contributed by atoms with E-state index in [2.05, 4.69) is 0 Å². The third-order valence-corrected chi connectivity index (χ3v) is 4.50. The maximum absolute atomic E-state index is 11.7. The maximum Gasteiger partial charge on any atom is 0.216 e. The van der Waals surface area contributed by atoms with Crippen LogP contribution >= 0.6 is 0 Å². The lowest BCUT2D eigenvalue weighted by molar-refractivity contribution is -0.373. The second kappa shape index (κ2) is 5.19. The Morgan fingerprint density at radius 2 is 2.09 bits per heavy atom. The predicted molar refractivity (Wildman–Crippen MR) is 77.5 cm³/mol. The van der Waals surface area contributed by atoms with Crippen LogP contribution in [0.15, 0.2) is 36.4 Å². The molecule has 4 atom stereocenters. The first-order valence-corrected chi connectivity index (χ1v) is 7.53. The molecule has 2 aliphatic heterocycles. The summed E-state index contributed by atoms with van der Waals surface area (Å²) in [7, 11) is 1.64. The van der Waals surface area contributed by atoms with Crippen molar-refractivity contribution in [2.24, 2.45) is 0 Å². The molecular weight excluding hydrogens is 284 g/mol. The van der Waals surface area contributed by atoms with E-state index in [4.69, 9.17) is 18.9 Å². The summed E-state index contributed by atoms with van der Waals surface area (Å²) in [4.78, 5) is 11.7. The van der Waals surface area contributed by atoms with Crippen LogP contribution in [0.3, 0.4) is 0 Å². The number of allylic oxidation sites excluding steroid dienone is 1. The number of ketones is 1. The Hall–Kier alpha value is -1.69. The smallest absolute Gasteiger partial charge is 0.216 e. The van der Waals surface area contributed by atoms with Crippen molar-refractivity contribution in [3.63, 3.8) is 0 Å². The first-order valence-electron chi connectivity index (χ1n) is 7.53. The molecule has 1 aromatic rings. The number of benzene rings is 1. The minimum absolute atomic E-state index is 0.0420. The van der Waals surface area contributed by atoms with Crippen molar-refractivity contribution in [2.75, 3.05) is 13.7 Å². The predicted octanol–water partition coefficient (Wildman–Crippen LogP) is 2.17. The van der Waals surface area contributed by atoms with Gasteiger partial charge >= 0.3 is 0 Å². The molecule has 22 heavy (non-hydrogen) atoms. The fourth-order valence-corrected chi connectivity index (χ4v) is 3.34. The summed E-state index contributed by atoms with van der Waals surface area (Å²) in [6.45, 7) is 0.607. The minimum atomic E-state index is -0.889. The normalized spacial score (nSPS) is 36.8. The molecule has 5 heteroatoms. The molecule has 1 aliphatic carbocycles. The summed E-state index contributed by atoms with van der Waals surface area (Å²) in [6.07, 6.45) is 3.65. The molecule has 2 fully saturated rings. The van der Waals surface area contributed by atoms with Gasteiger partial charge in [0.25, 0.3) is 0 Å². The average Bonchev–Trinajstić information content (AvgIpc) is 2.56. The van der Waals surface area contributed by atoms with Gasteiger partial charge in [-0.25, -0.2) is 0 Å². The summed E-state index contributed by atoms with van der Waals surface area (Å²) >= 11 is 0. The van der Waals surface area contributed by atoms with Crippen molar-refractivity contribution >= 4 is 5.78 Å². The molecule has 0 aromatic heterocycles. The van der Waals surface area contributed by atoms with E-state index in [9.17, 15) is 4.79 Å². The quantitative estimate of drug-likeness (QED) is 0.838. The lowest BCUT2D eigenvalue weighted by Crippen LogP contribution is -2.60. The van der Waals surface area contributed by atoms with Crippen LogP contribution in [0.4, 0.5) is 0 Å². The van der Waals surface area contributed by atoms with E-state index in [1.165, 1.54) is 6.08 Å². The topological polar surface area (TPSA) is 54.0 Å². The van der Waals surface area contributed by atoms with Crippen molar-refractivity contribution in [1.82, 2.24) is 0 Å². The Balaban J connectivity index is 1.65. The van der Waals surface area contributed by atoms with Crippen molar-refractivity contribution in [1.29, 1.82) is 0 Å². The van der Waals surface area contributed by atoms with Gasteiger partial charge in [-0.2, -0.15) is 0 Å². The number of carbonyl (C=O) groups excluding carboxylic acids is 1. The summed E-state index contributed by atoms with van der Waals surface area (Å²) in [6, 6.07) is 7.78. The van der Waals surface area contributed by atoms with Gasteiger partial charge in [0.1, 0.15) is 18.0 Å². The van der Waals surface area contributed by atoms with E-state index < -0.39 is 11.9 Å². The van der Waals surface area contributed by atoms with Gasteiger partial charge in [0, 0.05) is 12.8 Å². The fraction of sp³-hybridized carbons (Fsp3) is 0.471. The highest BCUT2D eigenvalue weighted by molar-refractivity contribution is 5.91. The molecule has 0 saturated carbocycles. The first kappa shape index (κ1) is 13.9. The first-order chi connectivity index (χ1) is 10.7. The molecule has 0 N–H and O–H groups in total. The molecule has 2 heterocycles. The Morgan fingerprint density at radius 1 is 1.27 bits per heavy atom. The second-order valence-electron chi connectivity index (χ2n) is 5.84. The van der Waals surface area contributed by atoms with Crippen LogP contribution in [0.25, 0.3) is 0 Å². The van der Waals surface area contributed by atoms with Gasteiger partial charge < -0.3 is 18.9 Å². The van der Waals surface area contributed by atoms with Crippen molar-refractivity contribution < 1.29 is 23.7 Å². The van der Waals surface area contributed by atoms with Crippen LogP contribution in [0.5, 0.6) is 5.75 Å². The molecule has 116 valence electrons. The summed E-state index contributed by atoms with van der Waals surface area (Å²) in [5.41, 5.74) is 1.03. The summed E-state index contributed by atoms with van der Waals surface area (Å²) < 4.78 is 23.4. The van der Waals surface area contributed by atoms with Gasteiger partial charge in [-0.1, -0.05) is 12.1 Å². The Morgan fingerprint density at radius 3 is 2.86 bits per heavy atom. The Bertz CT molecular complexity index is 608. The molecule has 1 aromatic carbocycles. The number of ether oxygens (including phenoxy) is 4. The molecular formula is C17H18O5. The number of rotatable bonds is 2. The highest BCUT2D eigenvalue weighted by atomic mass is 16.8. The molecule has 0 unspecified atom stereocenters. The lowest BCUT2D eigenvalue weighted by Gasteiger charge is -2.52. The second-order valence-corrected chi connectivity index (χ2v) is 5.84. The van der Waals surface area contributed by atoms with Gasteiger partial charge in [-0.15, -0.1) is 0 Å².